The molecule has 4 rings (SSSR count). The summed E-state index contributed by atoms with van der Waals surface area (Å²) in [6.45, 7) is 4.23. The third kappa shape index (κ3) is 3.81. The molecule has 2 aromatic carbocycles. The fraction of sp³-hybridized carbons (Fsp3) is 0.261. The minimum atomic E-state index is -0.622. The Morgan fingerprint density at radius 1 is 1.19 bits per heavy atom. The molecule has 0 aliphatic carbocycles. The van der Waals surface area contributed by atoms with Crippen LogP contribution in [0.25, 0.3) is 0 Å². The molecule has 0 spiro atoms. The minimum Gasteiger partial charge on any atom is -0.355 e. The summed E-state index contributed by atoms with van der Waals surface area (Å²) in [6, 6.07) is 8.30. The molecule has 1 aliphatic rings. The number of hydrogen-bond donors (Lipinski definition) is 1. The lowest BCUT2D eigenvalue weighted by Gasteiger charge is -2.23. The SMILES string of the molecule is CNC(=O)c1ccc(C)c(C(=O)N2Cc3nn(Cc4ccc(F)cc4F)cc3C2C)c1. The Morgan fingerprint density at radius 2 is 1.97 bits per heavy atom. The summed E-state index contributed by atoms with van der Waals surface area (Å²) in [5.74, 6) is -1.67. The van der Waals surface area contributed by atoms with E-state index >= 15 is 0 Å². The van der Waals surface area contributed by atoms with Crippen LogP contribution in [0, 0.1) is 18.6 Å². The maximum Gasteiger partial charge on any atom is 0.255 e. The Bertz CT molecular complexity index is 1190. The van der Waals surface area contributed by atoms with Crippen molar-refractivity contribution in [2.24, 2.45) is 0 Å². The molecule has 3 aromatic rings. The van der Waals surface area contributed by atoms with Crippen molar-refractivity contribution in [3.8, 4) is 0 Å². The molecule has 8 heteroatoms. The number of carbonyl (C=O) groups excluding carboxylic acids is 2. The van der Waals surface area contributed by atoms with Gasteiger partial charge in [0.15, 0.2) is 0 Å². The van der Waals surface area contributed by atoms with Gasteiger partial charge in [0.25, 0.3) is 11.8 Å². The van der Waals surface area contributed by atoms with Gasteiger partial charge in [-0.3, -0.25) is 14.3 Å². The quantitative estimate of drug-likeness (QED) is 0.696. The van der Waals surface area contributed by atoms with Crippen LogP contribution >= 0.6 is 0 Å². The third-order valence-electron chi connectivity index (χ3n) is 5.67. The predicted octanol–water partition coefficient (Wildman–Crippen LogP) is 3.59. The first-order valence-corrected chi connectivity index (χ1v) is 9.92. The van der Waals surface area contributed by atoms with E-state index in [9.17, 15) is 18.4 Å². The molecular weight excluding hydrogens is 402 g/mol. The fourth-order valence-electron chi connectivity index (χ4n) is 3.86. The molecule has 0 saturated carbocycles. The van der Waals surface area contributed by atoms with Crippen LogP contribution in [-0.2, 0) is 13.1 Å². The first-order chi connectivity index (χ1) is 14.8. The lowest BCUT2D eigenvalue weighted by atomic mass is 10.0. The summed E-state index contributed by atoms with van der Waals surface area (Å²) in [5.41, 5.74) is 3.64. The van der Waals surface area contributed by atoms with Gasteiger partial charge in [-0.25, -0.2) is 8.78 Å². The molecule has 2 amide bonds. The lowest BCUT2D eigenvalue weighted by molar-refractivity contribution is 0.0701. The predicted molar refractivity (Wildman–Crippen MR) is 111 cm³/mol. The average Bonchev–Trinajstić information content (AvgIpc) is 3.28. The standard InChI is InChI=1S/C23H22F2N4O2/c1-13-4-5-15(22(30)26-3)8-18(13)23(31)29-12-21-19(14(29)2)11-28(27-21)10-16-6-7-17(24)9-20(16)25/h4-9,11,14H,10,12H2,1-3H3,(H,26,30). The number of nitrogens with zero attached hydrogens (tertiary/aromatic N) is 3. The number of aryl methyl sites for hydroxylation is 1. The van der Waals surface area contributed by atoms with Gasteiger partial charge in [-0.05, 0) is 37.6 Å². The van der Waals surface area contributed by atoms with Gasteiger partial charge in [-0.15, -0.1) is 0 Å². The van der Waals surface area contributed by atoms with Gasteiger partial charge in [-0.2, -0.15) is 5.10 Å². The van der Waals surface area contributed by atoms with E-state index in [0.29, 0.717) is 23.2 Å². The van der Waals surface area contributed by atoms with Crippen LogP contribution in [-0.4, -0.2) is 33.5 Å². The highest BCUT2D eigenvalue weighted by atomic mass is 19.1. The minimum absolute atomic E-state index is 0.174. The van der Waals surface area contributed by atoms with E-state index in [1.165, 1.54) is 12.1 Å². The van der Waals surface area contributed by atoms with Crippen LogP contribution in [0.4, 0.5) is 8.78 Å². The van der Waals surface area contributed by atoms with Crippen LogP contribution in [0.5, 0.6) is 0 Å². The van der Waals surface area contributed by atoms with Gasteiger partial charge >= 0.3 is 0 Å². The topological polar surface area (TPSA) is 67.2 Å². The van der Waals surface area contributed by atoms with Gasteiger partial charge in [0, 0.05) is 41.6 Å². The first-order valence-electron chi connectivity index (χ1n) is 9.92. The monoisotopic (exact) mass is 424 g/mol. The molecule has 0 bridgehead atoms. The first kappa shape index (κ1) is 20.7. The molecular formula is C23H22F2N4O2. The van der Waals surface area contributed by atoms with E-state index in [2.05, 4.69) is 10.4 Å². The zero-order valence-corrected chi connectivity index (χ0v) is 17.4. The highest BCUT2D eigenvalue weighted by molar-refractivity contribution is 6.00. The molecule has 1 unspecified atom stereocenters. The van der Waals surface area contributed by atoms with Crippen molar-refractivity contribution < 1.29 is 18.4 Å². The highest BCUT2D eigenvalue weighted by Gasteiger charge is 2.34. The van der Waals surface area contributed by atoms with Crippen LogP contribution < -0.4 is 5.32 Å². The molecule has 0 radical (unpaired) electrons. The third-order valence-corrected chi connectivity index (χ3v) is 5.67. The smallest absolute Gasteiger partial charge is 0.255 e. The normalized spacial score (nSPS) is 15.1. The Balaban J connectivity index is 1.55. The van der Waals surface area contributed by atoms with Gasteiger partial charge in [0.05, 0.1) is 24.8 Å². The molecule has 0 fully saturated rings. The van der Waals surface area contributed by atoms with E-state index in [1.807, 2.05) is 13.8 Å². The van der Waals surface area contributed by atoms with Crippen molar-refractivity contribution in [2.75, 3.05) is 7.05 Å². The maximum atomic E-state index is 14.0. The van der Waals surface area contributed by atoms with Gasteiger partial charge in [-0.1, -0.05) is 12.1 Å². The number of halogens is 2. The fourth-order valence-corrected chi connectivity index (χ4v) is 3.86. The summed E-state index contributed by atoms with van der Waals surface area (Å²) in [4.78, 5) is 26.9. The van der Waals surface area contributed by atoms with Gasteiger partial charge in [0.2, 0.25) is 0 Å². The van der Waals surface area contributed by atoms with E-state index in [0.717, 1.165) is 22.9 Å². The second-order valence-corrected chi connectivity index (χ2v) is 7.68. The molecule has 31 heavy (non-hydrogen) atoms. The number of amides is 2. The van der Waals surface area contributed by atoms with E-state index in [4.69, 9.17) is 0 Å². The molecule has 2 heterocycles. The summed E-state index contributed by atoms with van der Waals surface area (Å²) >= 11 is 0. The van der Waals surface area contributed by atoms with E-state index in [-0.39, 0.29) is 24.4 Å². The zero-order chi connectivity index (χ0) is 22.3. The Kier molecular flexibility index (Phi) is 5.31. The molecule has 1 atom stereocenters. The number of rotatable bonds is 4. The summed E-state index contributed by atoms with van der Waals surface area (Å²) in [6.07, 6.45) is 1.80. The maximum absolute atomic E-state index is 14.0. The van der Waals surface area contributed by atoms with Crippen molar-refractivity contribution in [3.63, 3.8) is 0 Å². The molecule has 1 N–H and O–H groups in total. The Hall–Kier alpha value is -3.55. The van der Waals surface area contributed by atoms with Crippen LogP contribution in [0.3, 0.4) is 0 Å². The lowest BCUT2D eigenvalue weighted by Crippen LogP contribution is -2.30. The Morgan fingerprint density at radius 3 is 2.65 bits per heavy atom. The number of nitrogens with one attached hydrogen (secondary N) is 1. The second kappa shape index (κ2) is 7.94. The van der Waals surface area contributed by atoms with Crippen molar-refractivity contribution in [2.45, 2.75) is 33.0 Å². The average molecular weight is 424 g/mol. The van der Waals surface area contributed by atoms with Crippen molar-refractivity contribution in [3.05, 3.63) is 87.7 Å². The molecule has 160 valence electrons. The van der Waals surface area contributed by atoms with Crippen LogP contribution in [0.1, 0.15) is 56.1 Å². The van der Waals surface area contributed by atoms with Gasteiger partial charge < -0.3 is 10.2 Å². The molecule has 1 aromatic heterocycles. The zero-order valence-electron chi connectivity index (χ0n) is 17.4. The van der Waals surface area contributed by atoms with Crippen LogP contribution in [0.2, 0.25) is 0 Å². The largest absolute Gasteiger partial charge is 0.355 e. The number of hydrogen-bond acceptors (Lipinski definition) is 3. The van der Waals surface area contributed by atoms with Crippen molar-refractivity contribution >= 4 is 11.8 Å². The molecule has 0 saturated heterocycles. The molecule has 1 aliphatic heterocycles. The number of carbonyl (C=O) groups is 2. The van der Waals surface area contributed by atoms with Crippen molar-refractivity contribution in [1.82, 2.24) is 20.0 Å². The molecule has 6 nitrogen and oxygen atoms in total. The number of benzene rings is 2. The second-order valence-electron chi connectivity index (χ2n) is 7.68. The van der Waals surface area contributed by atoms with Crippen molar-refractivity contribution in [1.29, 1.82) is 0 Å². The summed E-state index contributed by atoms with van der Waals surface area (Å²) in [7, 11) is 1.54. The van der Waals surface area contributed by atoms with E-state index in [1.54, 1.807) is 41.0 Å². The Labute approximate surface area is 178 Å². The summed E-state index contributed by atoms with van der Waals surface area (Å²) in [5, 5.41) is 7.07. The highest BCUT2D eigenvalue weighted by Crippen LogP contribution is 2.34. The summed E-state index contributed by atoms with van der Waals surface area (Å²) < 4.78 is 28.7. The van der Waals surface area contributed by atoms with Gasteiger partial charge in [0.1, 0.15) is 11.6 Å². The van der Waals surface area contributed by atoms with Crippen LogP contribution in [0.15, 0.2) is 42.6 Å². The number of aromatic nitrogens is 2. The number of fused-ring (bicyclic) bond motifs is 1. The van der Waals surface area contributed by atoms with E-state index < -0.39 is 11.6 Å².